The van der Waals surface area contributed by atoms with Gasteiger partial charge in [-0.25, -0.2) is 8.78 Å². The summed E-state index contributed by atoms with van der Waals surface area (Å²) in [5.41, 5.74) is 0.477. The molecule has 1 saturated heterocycles. The van der Waals surface area contributed by atoms with Crippen LogP contribution in [0.4, 0.5) is 14.5 Å². The zero-order valence-electron chi connectivity index (χ0n) is 11.1. The van der Waals surface area contributed by atoms with Crippen LogP contribution in [0.5, 0.6) is 0 Å². The molecule has 1 aromatic rings. The SMILES string of the molecule is O=C(NCCc1ccccc1[N+](=O)[O-])C1CC(F)(F)CN1. The molecule has 114 valence electrons. The van der Waals surface area contributed by atoms with E-state index in [2.05, 4.69) is 10.6 Å². The highest BCUT2D eigenvalue weighted by atomic mass is 19.3. The maximum atomic E-state index is 13.0. The van der Waals surface area contributed by atoms with Crippen molar-refractivity contribution in [1.82, 2.24) is 10.6 Å². The monoisotopic (exact) mass is 299 g/mol. The second-order valence-corrected chi connectivity index (χ2v) is 4.92. The first kappa shape index (κ1) is 15.3. The van der Waals surface area contributed by atoms with Gasteiger partial charge in [0.05, 0.1) is 17.5 Å². The lowest BCUT2D eigenvalue weighted by Gasteiger charge is -2.11. The number of rotatable bonds is 5. The van der Waals surface area contributed by atoms with Crippen LogP contribution < -0.4 is 10.6 Å². The quantitative estimate of drug-likeness (QED) is 0.633. The van der Waals surface area contributed by atoms with Gasteiger partial charge >= 0.3 is 0 Å². The van der Waals surface area contributed by atoms with Crippen LogP contribution in [0.1, 0.15) is 12.0 Å². The fourth-order valence-corrected chi connectivity index (χ4v) is 2.24. The average Bonchev–Trinajstić information content (AvgIpc) is 2.79. The molecule has 21 heavy (non-hydrogen) atoms. The molecule has 0 bridgehead atoms. The van der Waals surface area contributed by atoms with Crippen molar-refractivity contribution in [2.75, 3.05) is 13.1 Å². The van der Waals surface area contributed by atoms with E-state index in [1.807, 2.05) is 0 Å². The molecule has 0 radical (unpaired) electrons. The normalized spacial score (nSPS) is 20.2. The largest absolute Gasteiger partial charge is 0.354 e. The maximum Gasteiger partial charge on any atom is 0.272 e. The number of hydrogen-bond acceptors (Lipinski definition) is 4. The Bertz CT molecular complexity index is 551. The summed E-state index contributed by atoms with van der Waals surface area (Å²) in [6, 6.07) is 5.31. The number of carbonyl (C=O) groups is 1. The molecular formula is C13H15F2N3O3. The first-order chi connectivity index (χ1) is 9.89. The molecule has 0 spiro atoms. The Morgan fingerprint density at radius 3 is 2.81 bits per heavy atom. The standard InChI is InChI=1S/C13H15F2N3O3/c14-13(15)7-10(17-8-13)12(19)16-6-5-9-3-1-2-4-11(9)18(20)21/h1-4,10,17H,5-8H2,(H,16,19). The number of nitrogens with one attached hydrogen (secondary N) is 2. The molecule has 2 rings (SSSR count). The minimum absolute atomic E-state index is 0.0164. The van der Waals surface area contributed by atoms with Crippen molar-refractivity contribution in [2.45, 2.75) is 24.8 Å². The summed E-state index contributed by atoms with van der Waals surface area (Å²) in [5.74, 6) is -3.37. The highest BCUT2D eigenvalue weighted by molar-refractivity contribution is 5.82. The molecule has 2 N–H and O–H groups in total. The Hall–Kier alpha value is -2.09. The van der Waals surface area contributed by atoms with Gasteiger partial charge in [0.2, 0.25) is 5.91 Å². The second-order valence-electron chi connectivity index (χ2n) is 4.92. The van der Waals surface area contributed by atoms with Gasteiger partial charge in [-0.1, -0.05) is 18.2 Å². The Morgan fingerprint density at radius 2 is 2.19 bits per heavy atom. The third kappa shape index (κ3) is 3.94. The number of nitro benzene ring substituents is 1. The third-order valence-corrected chi connectivity index (χ3v) is 3.31. The van der Waals surface area contributed by atoms with Gasteiger partial charge < -0.3 is 5.32 Å². The summed E-state index contributed by atoms with van der Waals surface area (Å²) in [6.07, 6.45) is -0.254. The average molecular weight is 299 g/mol. The van der Waals surface area contributed by atoms with Crippen molar-refractivity contribution in [1.29, 1.82) is 0 Å². The maximum absolute atomic E-state index is 13.0. The number of alkyl halides is 2. The van der Waals surface area contributed by atoms with E-state index < -0.39 is 35.8 Å². The van der Waals surface area contributed by atoms with E-state index in [9.17, 15) is 23.7 Å². The van der Waals surface area contributed by atoms with Crippen molar-refractivity contribution >= 4 is 11.6 Å². The smallest absolute Gasteiger partial charge is 0.272 e. The van der Waals surface area contributed by atoms with Crippen molar-refractivity contribution in [3.63, 3.8) is 0 Å². The highest BCUT2D eigenvalue weighted by Crippen LogP contribution is 2.25. The number of halogens is 2. The van der Waals surface area contributed by atoms with Crippen LogP contribution in [0.15, 0.2) is 24.3 Å². The van der Waals surface area contributed by atoms with E-state index >= 15 is 0 Å². The molecule has 0 saturated carbocycles. The van der Waals surface area contributed by atoms with Crippen molar-refractivity contribution in [3.8, 4) is 0 Å². The van der Waals surface area contributed by atoms with Gasteiger partial charge in [0.25, 0.3) is 11.6 Å². The van der Waals surface area contributed by atoms with Crippen LogP contribution in [-0.2, 0) is 11.2 Å². The van der Waals surface area contributed by atoms with Crippen molar-refractivity contribution < 1.29 is 18.5 Å². The molecule has 1 aromatic carbocycles. The molecule has 1 amide bonds. The summed E-state index contributed by atoms with van der Waals surface area (Å²) >= 11 is 0. The van der Waals surface area contributed by atoms with E-state index in [0.717, 1.165) is 0 Å². The number of amides is 1. The highest BCUT2D eigenvalue weighted by Gasteiger charge is 2.42. The molecular weight excluding hydrogens is 284 g/mol. The van der Waals surface area contributed by atoms with Gasteiger partial charge in [0, 0.05) is 24.6 Å². The molecule has 1 aliphatic heterocycles. The number of para-hydroxylation sites is 1. The summed E-state index contributed by atoms with van der Waals surface area (Å²) in [7, 11) is 0. The van der Waals surface area contributed by atoms with E-state index in [0.29, 0.717) is 5.56 Å². The zero-order valence-corrected chi connectivity index (χ0v) is 11.1. The second kappa shape index (κ2) is 6.13. The Morgan fingerprint density at radius 1 is 1.48 bits per heavy atom. The number of carbonyl (C=O) groups excluding carboxylic acids is 1. The molecule has 8 heteroatoms. The minimum Gasteiger partial charge on any atom is -0.354 e. The van der Waals surface area contributed by atoms with Gasteiger partial charge in [-0.05, 0) is 6.42 Å². The van der Waals surface area contributed by atoms with Gasteiger partial charge in [-0.3, -0.25) is 20.2 Å². The molecule has 1 aliphatic rings. The van der Waals surface area contributed by atoms with Gasteiger partial charge in [-0.15, -0.1) is 0 Å². The van der Waals surface area contributed by atoms with Crippen LogP contribution in [0.25, 0.3) is 0 Å². The first-order valence-electron chi connectivity index (χ1n) is 6.50. The molecule has 0 aromatic heterocycles. The van der Waals surface area contributed by atoms with E-state index in [-0.39, 0.29) is 18.7 Å². The number of nitro groups is 1. The molecule has 1 unspecified atom stereocenters. The lowest BCUT2D eigenvalue weighted by atomic mass is 10.1. The van der Waals surface area contributed by atoms with E-state index in [4.69, 9.17) is 0 Å². The van der Waals surface area contributed by atoms with E-state index in [1.165, 1.54) is 6.07 Å². The Balaban J connectivity index is 1.85. The molecule has 1 heterocycles. The van der Waals surface area contributed by atoms with Crippen molar-refractivity contribution in [3.05, 3.63) is 39.9 Å². The summed E-state index contributed by atoms with van der Waals surface area (Å²) < 4.78 is 25.9. The van der Waals surface area contributed by atoms with Crippen LogP contribution in [0, 0.1) is 10.1 Å². The van der Waals surface area contributed by atoms with E-state index in [1.54, 1.807) is 18.2 Å². The van der Waals surface area contributed by atoms with Crippen LogP contribution in [0.3, 0.4) is 0 Å². The van der Waals surface area contributed by atoms with Gasteiger partial charge in [0.15, 0.2) is 0 Å². The first-order valence-corrected chi connectivity index (χ1v) is 6.50. The van der Waals surface area contributed by atoms with Crippen LogP contribution >= 0.6 is 0 Å². The Labute approximate surface area is 119 Å². The Kier molecular flexibility index (Phi) is 4.46. The fraction of sp³-hybridized carbons (Fsp3) is 0.462. The van der Waals surface area contributed by atoms with Crippen LogP contribution in [-0.4, -0.2) is 35.9 Å². The van der Waals surface area contributed by atoms with Gasteiger partial charge in [-0.2, -0.15) is 0 Å². The summed E-state index contributed by atoms with van der Waals surface area (Å²) in [6.45, 7) is -0.345. The molecule has 0 aliphatic carbocycles. The predicted octanol–water partition coefficient (Wildman–Crippen LogP) is 1.25. The fourth-order valence-electron chi connectivity index (χ4n) is 2.24. The van der Waals surface area contributed by atoms with Gasteiger partial charge in [0.1, 0.15) is 0 Å². The molecule has 6 nitrogen and oxygen atoms in total. The lowest BCUT2D eigenvalue weighted by Crippen LogP contribution is -2.41. The minimum atomic E-state index is -2.86. The predicted molar refractivity (Wildman–Crippen MR) is 71.2 cm³/mol. The summed E-state index contributed by atoms with van der Waals surface area (Å²) in [4.78, 5) is 22.0. The van der Waals surface area contributed by atoms with Crippen LogP contribution in [0.2, 0.25) is 0 Å². The topological polar surface area (TPSA) is 84.3 Å². The van der Waals surface area contributed by atoms with Crippen molar-refractivity contribution in [2.24, 2.45) is 0 Å². The third-order valence-electron chi connectivity index (χ3n) is 3.31. The lowest BCUT2D eigenvalue weighted by molar-refractivity contribution is -0.385. The summed E-state index contributed by atoms with van der Waals surface area (Å²) in [5, 5.41) is 15.8. The molecule has 1 fully saturated rings. The number of benzene rings is 1. The zero-order chi connectivity index (χ0) is 15.5. The number of hydrogen-bond donors (Lipinski definition) is 2. The molecule has 1 atom stereocenters. The number of nitrogens with zero attached hydrogens (tertiary/aromatic N) is 1.